The van der Waals surface area contributed by atoms with Gasteiger partial charge < -0.3 is 10.1 Å². The quantitative estimate of drug-likeness (QED) is 0.304. The Kier molecular flexibility index (Phi) is 6.96. The summed E-state index contributed by atoms with van der Waals surface area (Å²) in [7, 11) is 0. The molecule has 10 heteroatoms. The zero-order chi connectivity index (χ0) is 25.9. The van der Waals surface area contributed by atoms with Gasteiger partial charge in [-0.1, -0.05) is 13.0 Å². The predicted octanol–water partition coefficient (Wildman–Crippen LogP) is 6.61. The Morgan fingerprint density at radius 1 is 1.03 bits per heavy atom. The van der Waals surface area contributed by atoms with E-state index >= 15 is 0 Å². The minimum atomic E-state index is -4.57. The molecule has 0 fully saturated rings. The first kappa shape index (κ1) is 24.8. The summed E-state index contributed by atoms with van der Waals surface area (Å²) < 4.78 is 60.0. The van der Waals surface area contributed by atoms with E-state index in [2.05, 4.69) is 20.3 Å². The predicted molar refractivity (Wildman–Crippen MR) is 125 cm³/mol. The fourth-order valence-electron chi connectivity index (χ4n) is 3.49. The molecule has 0 spiro atoms. The number of nitrogens with one attached hydrogen (secondary N) is 1. The van der Waals surface area contributed by atoms with Crippen LogP contribution in [0.25, 0.3) is 11.3 Å². The Labute approximate surface area is 204 Å². The van der Waals surface area contributed by atoms with Crippen LogP contribution in [-0.4, -0.2) is 20.9 Å². The largest absolute Gasteiger partial charge is 0.435 e. The lowest BCUT2D eigenvalue weighted by Gasteiger charge is -2.15. The number of pyridine rings is 1. The van der Waals surface area contributed by atoms with E-state index in [1.54, 1.807) is 24.4 Å². The van der Waals surface area contributed by atoms with Crippen molar-refractivity contribution in [3.8, 4) is 22.9 Å². The smallest absolute Gasteiger partial charge is 0.416 e. The number of carbonyl (C=O) groups is 1. The highest BCUT2D eigenvalue weighted by Crippen LogP contribution is 2.35. The van der Waals surface area contributed by atoms with E-state index in [-0.39, 0.29) is 28.4 Å². The van der Waals surface area contributed by atoms with Crippen LogP contribution in [-0.2, 0) is 12.6 Å². The lowest BCUT2D eigenvalue weighted by atomic mass is 10.1. The van der Waals surface area contributed by atoms with Crippen molar-refractivity contribution in [1.82, 2.24) is 15.0 Å². The SMILES string of the molecule is CCc1nccc(-c2cccnc2Oc2cc(C(=O)Nc3cccc(C(F)(F)F)c3C)ccc2F)n1. The van der Waals surface area contributed by atoms with Crippen LogP contribution < -0.4 is 10.1 Å². The molecule has 2 heterocycles. The molecule has 0 atom stereocenters. The highest BCUT2D eigenvalue weighted by Gasteiger charge is 2.33. The summed E-state index contributed by atoms with van der Waals surface area (Å²) in [4.78, 5) is 25.6. The molecule has 0 saturated heterocycles. The van der Waals surface area contributed by atoms with Gasteiger partial charge in [0.25, 0.3) is 5.91 Å². The van der Waals surface area contributed by atoms with Gasteiger partial charge in [0.15, 0.2) is 11.6 Å². The topological polar surface area (TPSA) is 77.0 Å². The fraction of sp³-hybridized carbons (Fsp3) is 0.154. The molecule has 0 radical (unpaired) electrons. The van der Waals surface area contributed by atoms with Crippen molar-refractivity contribution in [2.24, 2.45) is 0 Å². The second-order valence-electron chi connectivity index (χ2n) is 7.75. The van der Waals surface area contributed by atoms with Crippen LogP contribution in [0.4, 0.5) is 23.2 Å². The standard InChI is InChI=1S/C26H20F4N4O2/c1-3-23-31-13-11-21(33-23)17-6-5-12-32-25(17)36-22-14-16(9-10-19(22)27)24(35)34-20-8-4-7-18(15(20)2)26(28,29)30/h4-14H,3H2,1-2H3,(H,34,35). The van der Waals surface area contributed by atoms with Gasteiger partial charge in [-0.05, 0) is 61.0 Å². The number of alkyl halides is 3. The zero-order valence-corrected chi connectivity index (χ0v) is 19.2. The van der Waals surface area contributed by atoms with E-state index < -0.39 is 23.5 Å². The number of aromatic nitrogens is 3. The maximum absolute atomic E-state index is 14.6. The van der Waals surface area contributed by atoms with Gasteiger partial charge in [0, 0.05) is 30.1 Å². The average Bonchev–Trinajstić information content (AvgIpc) is 2.86. The summed E-state index contributed by atoms with van der Waals surface area (Å²) in [6, 6.07) is 11.9. The number of halogens is 4. The molecular formula is C26H20F4N4O2. The van der Waals surface area contributed by atoms with Crippen LogP contribution in [0.2, 0.25) is 0 Å². The summed E-state index contributed by atoms with van der Waals surface area (Å²) in [5.74, 6) is -1.10. The Morgan fingerprint density at radius 3 is 2.58 bits per heavy atom. The van der Waals surface area contributed by atoms with Crippen LogP contribution in [0, 0.1) is 12.7 Å². The van der Waals surface area contributed by atoms with Crippen molar-refractivity contribution in [3.05, 3.63) is 95.3 Å². The van der Waals surface area contributed by atoms with Crippen LogP contribution in [0.1, 0.15) is 34.2 Å². The van der Waals surface area contributed by atoms with Gasteiger partial charge in [-0.25, -0.2) is 19.3 Å². The van der Waals surface area contributed by atoms with Crippen molar-refractivity contribution >= 4 is 11.6 Å². The van der Waals surface area contributed by atoms with E-state index in [1.165, 1.54) is 31.3 Å². The number of benzene rings is 2. The molecule has 36 heavy (non-hydrogen) atoms. The number of anilines is 1. The normalized spacial score (nSPS) is 11.3. The highest BCUT2D eigenvalue weighted by molar-refractivity contribution is 6.05. The summed E-state index contributed by atoms with van der Waals surface area (Å²) in [6.45, 7) is 3.17. The maximum Gasteiger partial charge on any atom is 0.416 e. The molecule has 0 saturated carbocycles. The second kappa shape index (κ2) is 10.1. The number of carbonyl (C=O) groups excluding carboxylic acids is 1. The molecule has 0 unspecified atom stereocenters. The Hall–Kier alpha value is -4.34. The molecule has 0 aliphatic rings. The Bertz CT molecular complexity index is 1420. The van der Waals surface area contributed by atoms with Gasteiger partial charge in [0.05, 0.1) is 16.8 Å². The van der Waals surface area contributed by atoms with Crippen molar-refractivity contribution in [2.45, 2.75) is 26.4 Å². The molecule has 0 aliphatic heterocycles. The minimum Gasteiger partial charge on any atom is -0.435 e. The number of nitrogens with zero attached hydrogens (tertiary/aromatic N) is 3. The van der Waals surface area contributed by atoms with Gasteiger partial charge in [-0.3, -0.25) is 4.79 Å². The van der Waals surface area contributed by atoms with Crippen molar-refractivity contribution in [1.29, 1.82) is 0 Å². The van der Waals surface area contributed by atoms with Crippen LogP contribution in [0.15, 0.2) is 67.0 Å². The van der Waals surface area contributed by atoms with Gasteiger partial charge in [0.1, 0.15) is 5.82 Å². The first-order valence-corrected chi connectivity index (χ1v) is 10.9. The average molecular weight is 496 g/mol. The van der Waals surface area contributed by atoms with E-state index in [1.807, 2.05) is 6.92 Å². The Morgan fingerprint density at radius 2 is 1.83 bits per heavy atom. The first-order chi connectivity index (χ1) is 17.2. The molecule has 2 aromatic heterocycles. The number of aryl methyl sites for hydroxylation is 1. The minimum absolute atomic E-state index is 0.0101. The molecule has 0 bridgehead atoms. The van der Waals surface area contributed by atoms with Crippen LogP contribution >= 0.6 is 0 Å². The first-order valence-electron chi connectivity index (χ1n) is 10.9. The second-order valence-corrected chi connectivity index (χ2v) is 7.75. The number of ether oxygens (including phenoxy) is 1. The zero-order valence-electron chi connectivity index (χ0n) is 19.2. The number of hydrogen-bond donors (Lipinski definition) is 1. The van der Waals surface area contributed by atoms with Gasteiger partial charge in [-0.2, -0.15) is 13.2 Å². The van der Waals surface area contributed by atoms with E-state index in [0.29, 0.717) is 23.5 Å². The monoisotopic (exact) mass is 496 g/mol. The molecule has 6 nitrogen and oxygen atoms in total. The summed E-state index contributed by atoms with van der Waals surface area (Å²) in [6.07, 6.45) is -0.893. The van der Waals surface area contributed by atoms with Crippen LogP contribution in [0.5, 0.6) is 11.6 Å². The number of rotatable bonds is 6. The third kappa shape index (κ3) is 5.32. The van der Waals surface area contributed by atoms with Gasteiger partial charge in [-0.15, -0.1) is 0 Å². The van der Waals surface area contributed by atoms with Crippen LogP contribution in [0.3, 0.4) is 0 Å². The molecule has 2 aromatic carbocycles. The van der Waals surface area contributed by atoms with E-state index in [4.69, 9.17) is 4.74 Å². The molecule has 1 N–H and O–H groups in total. The molecule has 184 valence electrons. The molecule has 1 amide bonds. The fourth-order valence-corrected chi connectivity index (χ4v) is 3.49. The van der Waals surface area contributed by atoms with Gasteiger partial charge >= 0.3 is 6.18 Å². The maximum atomic E-state index is 14.6. The molecule has 4 aromatic rings. The van der Waals surface area contributed by atoms with Crippen molar-refractivity contribution in [3.63, 3.8) is 0 Å². The van der Waals surface area contributed by atoms with Gasteiger partial charge in [0.2, 0.25) is 5.88 Å². The van der Waals surface area contributed by atoms with Crippen molar-refractivity contribution in [2.75, 3.05) is 5.32 Å². The summed E-state index contributed by atoms with van der Waals surface area (Å²) in [5, 5.41) is 2.45. The highest BCUT2D eigenvalue weighted by atomic mass is 19.4. The lowest BCUT2D eigenvalue weighted by molar-refractivity contribution is -0.138. The Balaban J connectivity index is 1.62. The molecule has 0 aliphatic carbocycles. The third-order valence-corrected chi connectivity index (χ3v) is 5.36. The molecule has 4 rings (SSSR count). The number of amides is 1. The summed E-state index contributed by atoms with van der Waals surface area (Å²) >= 11 is 0. The van der Waals surface area contributed by atoms with E-state index in [0.717, 1.165) is 18.2 Å². The number of hydrogen-bond acceptors (Lipinski definition) is 5. The van der Waals surface area contributed by atoms with E-state index in [9.17, 15) is 22.4 Å². The third-order valence-electron chi connectivity index (χ3n) is 5.36. The summed E-state index contributed by atoms with van der Waals surface area (Å²) in [5.41, 5.74) is -0.00346. The molecular weight excluding hydrogens is 476 g/mol. The van der Waals surface area contributed by atoms with Crippen molar-refractivity contribution < 1.29 is 27.1 Å². The lowest BCUT2D eigenvalue weighted by Crippen LogP contribution is -2.15.